The van der Waals surface area contributed by atoms with Crippen molar-refractivity contribution in [1.82, 2.24) is 0 Å². The molecule has 0 saturated carbocycles. The highest BCUT2D eigenvalue weighted by atomic mass is 35.5. The van der Waals surface area contributed by atoms with Gasteiger partial charge in [0.1, 0.15) is 12.4 Å². The zero-order valence-corrected chi connectivity index (χ0v) is 8.78. The molecule has 0 radical (unpaired) electrons. The van der Waals surface area contributed by atoms with Crippen LogP contribution in [0.2, 0.25) is 0 Å². The SMILES string of the molecule is O=C(O)Cc1ccc(OC/C=C/Cl)cc1. The maximum atomic E-state index is 10.4. The Morgan fingerprint density at radius 3 is 2.60 bits per heavy atom. The molecule has 0 unspecified atom stereocenters. The van der Waals surface area contributed by atoms with Crippen LogP contribution in [-0.2, 0) is 11.2 Å². The van der Waals surface area contributed by atoms with E-state index in [1.165, 1.54) is 5.54 Å². The minimum absolute atomic E-state index is 0.0296. The largest absolute Gasteiger partial charge is 0.490 e. The van der Waals surface area contributed by atoms with Gasteiger partial charge in [-0.2, -0.15) is 0 Å². The van der Waals surface area contributed by atoms with Crippen molar-refractivity contribution >= 4 is 17.6 Å². The summed E-state index contributed by atoms with van der Waals surface area (Å²) in [6.07, 6.45) is 1.70. The van der Waals surface area contributed by atoms with E-state index in [1.807, 2.05) is 0 Å². The molecule has 3 nitrogen and oxygen atoms in total. The summed E-state index contributed by atoms with van der Waals surface area (Å²) >= 11 is 5.32. The second-order valence-electron chi connectivity index (χ2n) is 2.89. The molecule has 0 aliphatic carbocycles. The molecule has 0 fully saturated rings. The van der Waals surface area contributed by atoms with Gasteiger partial charge in [-0.05, 0) is 23.8 Å². The number of hydrogen-bond donors (Lipinski definition) is 1. The van der Waals surface area contributed by atoms with Gasteiger partial charge in [0, 0.05) is 5.54 Å². The third-order valence-corrected chi connectivity index (χ3v) is 1.89. The fourth-order valence-corrected chi connectivity index (χ4v) is 1.13. The van der Waals surface area contributed by atoms with E-state index in [4.69, 9.17) is 21.4 Å². The van der Waals surface area contributed by atoms with Crippen LogP contribution in [0, 0.1) is 0 Å². The van der Waals surface area contributed by atoms with E-state index in [2.05, 4.69) is 0 Å². The highest BCUT2D eigenvalue weighted by Crippen LogP contribution is 2.12. The average Bonchev–Trinajstić information content (AvgIpc) is 2.20. The number of ether oxygens (including phenoxy) is 1. The first-order valence-corrected chi connectivity index (χ1v) is 4.85. The minimum Gasteiger partial charge on any atom is -0.490 e. The smallest absolute Gasteiger partial charge is 0.307 e. The Morgan fingerprint density at radius 1 is 1.40 bits per heavy atom. The van der Waals surface area contributed by atoms with Crippen molar-refractivity contribution in [2.24, 2.45) is 0 Å². The zero-order valence-electron chi connectivity index (χ0n) is 8.02. The van der Waals surface area contributed by atoms with E-state index >= 15 is 0 Å². The summed E-state index contributed by atoms with van der Waals surface area (Å²) in [5.74, 6) is -0.146. The van der Waals surface area contributed by atoms with Gasteiger partial charge in [-0.25, -0.2) is 0 Å². The van der Waals surface area contributed by atoms with Crippen LogP contribution in [0.25, 0.3) is 0 Å². The normalized spacial score (nSPS) is 10.5. The van der Waals surface area contributed by atoms with Gasteiger partial charge in [-0.1, -0.05) is 23.7 Å². The van der Waals surface area contributed by atoms with Crippen molar-refractivity contribution < 1.29 is 14.6 Å². The predicted octanol–water partition coefficient (Wildman–Crippen LogP) is 2.45. The quantitative estimate of drug-likeness (QED) is 0.839. The fraction of sp³-hybridized carbons (Fsp3) is 0.182. The summed E-state index contributed by atoms with van der Waals surface area (Å²) in [4.78, 5) is 10.4. The Bertz CT molecular complexity index is 343. The van der Waals surface area contributed by atoms with Crippen molar-refractivity contribution in [2.45, 2.75) is 6.42 Å². The van der Waals surface area contributed by atoms with Crippen molar-refractivity contribution in [2.75, 3.05) is 6.61 Å². The molecular weight excluding hydrogens is 216 g/mol. The highest BCUT2D eigenvalue weighted by molar-refractivity contribution is 6.25. The lowest BCUT2D eigenvalue weighted by Crippen LogP contribution is -2.00. The summed E-state index contributed by atoms with van der Waals surface area (Å²) < 4.78 is 5.29. The Morgan fingerprint density at radius 2 is 2.07 bits per heavy atom. The van der Waals surface area contributed by atoms with E-state index in [0.717, 1.165) is 5.56 Å². The molecular formula is C11H11ClO3. The second kappa shape index (κ2) is 6.09. The van der Waals surface area contributed by atoms with E-state index in [0.29, 0.717) is 12.4 Å². The van der Waals surface area contributed by atoms with E-state index in [9.17, 15) is 4.79 Å². The Labute approximate surface area is 92.9 Å². The topological polar surface area (TPSA) is 46.5 Å². The molecule has 0 bridgehead atoms. The monoisotopic (exact) mass is 226 g/mol. The maximum absolute atomic E-state index is 10.4. The van der Waals surface area contributed by atoms with Gasteiger partial charge in [-0.15, -0.1) is 0 Å². The molecule has 15 heavy (non-hydrogen) atoms. The molecule has 0 aliphatic heterocycles. The third-order valence-electron chi connectivity index (χ3n) is 1.71. The molecule has 0 aromatic heterocycles. The Hall–Kier alpha value is -1.48. The number of benzene rings is 1. The number of hydrogen-bond acceptors (Lipinski definition) is 2. The van der Waals surface area contributed by atoms with Crippen LogP contribution in [0.5, 0.6) is 5.75 Å². The minimum atomic E-state index is -0.839. The van der Waals surface area contributed by atoms with Crippen LogP contribution in [0.3, 0.4) is 0 Å². The van der Waals surface area contributed by atoms with Crippen molar-refractivity contribution in [1.29, 1.82) is 0 Å². The van der Waals surface area contributed by atoms with Crippen LogP contribution in [-0.4, -0.2) is 17.7 Å². The molecule has 4 heteroatoms. The summed E-state index contributed by atoms with van der Waals surface area (Å²) in [6, 6.07) is 6.93. The van der Waals surface area contributed by atoms with E-state index in [1.54, 1.807) is 30.3 Å². The van der Waals surface area contributed by atoms with Crippen molar-refractivity contribution in [3.8, 4) is 5.75 Å². The first-order chi connectivity index (χ1) is 7.22. The Kier molecular flexibility index (Phi) is 4.71. The summed E-state index contributed by atoms with van der Waals surface area (Å²) in [5, 5.41) is 8.55. The van der Waals surface area contributed by atoms with Crippen LogP contribution in [0.4, 0.5) is 0 Å². The molecule has 0 saturated heterocycles. The number of rotatable bonds is 5. The molecule has 1 aromatic rings. The molecule has 1 N–H and O–H groups in total. The van der Waals surface area contributed by atoms with Gasteiger partial charge < -0.3 is 9.84 Å². The van der Waals surface area contributed by atoms with E-state index < -0.39 is 5.97 Å². The number of carboxylic acids is 1. The molecule has 1 rings (SSSR count). The first kappa shape index (κ1) is 11.6. The maximum Gasteiger partial charge on any atom is 0.307 e. The average molecular weight is 227 g/mol. The lowest BCUT2D eigenvalue weighted by Gasteiger charge is -2.03. The summed E-state index contributed by atoms with van der Waals surface area (Å²) in [7, 11) is 0. The molecule has 0 amide bonds. The van der Waals surface area contributed by atoms with Crippen LogP contribution < -0.4 is 4.74 Å². The van der Waals surface area contributed by atoms with Gasteiger partial charge >= 0.3 is 5.97 Å². The lowest BCUT2D eigenvalue weighted by atomic mass is 10.1. The number of carbonyl (C=O) groups is 1. The van der Waals surface area contributed by atoms with Gasteiger partial charge in [0.15, 0.2) is 0 Å². The number of aliphatic carboxylic acids is 1. The predicted molar refractivity (Wildman–Crippen MR) is 58.3 cm³/mol. The fourth-order valence-electron chi connectivity index (χ4n) is 1.06. The van der Waals surface area contributed by atoms with Crippen LogP contribution in [0.15, 0.2) is 35.9 Å². The van der Waals surface area contributed by atoms with E-state index in [-0.39, 0.29) is 6.42 Å². The molecule has 0 aliphatic rings. The standard InChI is InChI=1S/C11H11ClO3/c12-6-1-7-15-10-4-2-9(3-5-10)8-11(13)14/h1-6H,7-8H2,(H,13,14)/b6-1+. The lowest BCUT2D eigenvalue weighted by molar-refractivity contribution is -0.136. The molecule has 0 heterocycles. The van der Waals surface area contributed by atoms with Gasteiger partial charge in [0.05, 0.1) is 6.42 Å². The van der Waals surface area contributed by atoms with Gasteiger partial charge in [0.2, 0.25) is 0 Å². The molecule has 0 spiro atoms. The zero-order chi connectivity index (χ0) is 11.1. The number of carboxylic acid groups (broad SMARTS) is 1. The molecule has 80 valence electrons. The Balaban J connectivity index is 2.52. The van der Waals surface area contributed by atoms with Crippen LogP contribution >= 0.6 is 11.6 Å². The van der Waals surface area contributed by atoms with Crippen molar-refractivity contribution in [3.05, 3.63) is 41.4 Å². The van der Waals surface area contributed by atoms with Crippen molar-refractivity contribution in [3.63, 3.8) is 0 Å². The van der Waals surface area contributed by atoms with Gasteiger partial charge in [0.25, 0.3) is 0 Å². The van der Waals surface area contributed by atoms with Crippen LogP contribution in [0.1, 0.15) is 5.56 Å². The summed E-state index contributed by atoms with van der Waals surface area (Å²) in [5.41, 5.74) is 2.14. The molecule has 1 aromatic carbocycles. The molecule has 0 atom stereocenters. The number of halogens is 1. The second-order valence-corrected chi connectivity index (χ2v) is 3.14. The highest BCUT2D eigenvalue weighted by Gasteiger charge is 1.99. The summed E-state index contributed by atoms with van der Waals surface area (Å²) in [6.45, 7) is 0.405. The van der Waals surface area contributed by atoms with Gasteiger partial charge in [-0.3, -0.25) is 4.79 Å². The first-order valence-electron chi connectivity index (χ1n) is 4.41. The third kappa shape index (κ3) is 4.51.